The molecule has 20 heavy (non-hydrogen) atoms. The summed E-state index contributed by atoms with van der Waals surface area (Å²) in [5.74, 6) is -0.150. The van der Waals surface area contributed by atoms with Gasteiger partial charge in [0.1, 0.15) is 0 Å². The molecule has 2 aromatic carbocycles. The predicted molar refractivity (Wildman–Crippen MR) is 90.0 cm³/mol. The maximum atomic E-state index is 12.2. The molecule has 1 amide bonds. The van der Waals surface area contributed by atoms with Gasteiger partial charge in [0.2, 0.25) is 0 Å². The molecule has 0 aliphatic heterocycles. The van der Waals surface area contributed by atoms with Crippen molar-refractivity contribution in [1.82, 2.24) is 0 Å². The Morgan fingerprint density at radius 2 is 1.95 bits per heavy atom. The van der Waals surface area contributed by atoms with E-state index in [4.69, 9.17) is 5.73 Å². The SMILES string of the molecule is CCc1cc(Br)ccc1NC(=O)c1ccc(N)c(Br)c1. The average molecular weight is 398 g/mol. The molecule has 104 valence electrons. The fourth-order valence-electron chi connectivity index (χ4n) is 1.84. The van der Waals surface area contributed by atoms with Gasteiger partial charge < -0.3 is 11.1 Å². The van der Waals surface area contributed by atoms with E-state index >= 15 is 0 Å². The van der Waals surface area contributed by atoms with E-state index in [0.717, 1.165) is 26.6 Å². The van der Waals surface area contributed by atoms with Crippen molar-refractivity contribution in [3.63, 3.8) is 0 Å². The maximum absolute atomic E-state index is 12.2. The average Bonchev–Trinajstić information content (AvgIpc) is 2.43. The van der Waals surface area contributed by atoms with E-state index in [1.807, 2.05) is 18.2 Å². The van der Waals surface area contributed by atoms with E-state index in [2.05, 4.69) is 44.1 Å². The number of carbonyl (C=O) groups excluding carboxylic acids is 1. The van der Waals surface area contributed by atoms with Crippen LogP contribution >= 0.6 is 31.9 Å². The van der Waals surface area contributed by atoms with Gasteiger partial charge in [-0.3, -0.25) is 4.79 Å². The Hall–Kier alpha value is -1.33. The van der Waals surface area contributed by atoms with Crippen LogP contribution in [0, 0.1) is 0 Å². The van der Waals surface area contributed by atoms with E-state index in [-0.39, 0.29) is 5.91 Å². The molecule has 0 aliphatic carbocycles. The molecule has 0 bridgehead atoms. The standard InChI is InChI=1S/C15H14Br2N2O/c1-2-9-7-11(16)4-6-14(9)19-15(20)10-3-5-13(18)12(17)8-10/h3-8H,2,18H2,1H3,(H,19,20). The van der Waals surface area contributed by atoms with E-state index in [9.17, 15) is 4.79 Å². The Morgan fingerprint density at radius 3 is 2.60 bits per heavy atom. The van der Waals surface area contributed by atoms with Gasteiger partial charge in [0.25, 0.3) is 5.91 Å². The number of carbonyl (C=O) groups is 1. The maximum Gasteiger partial charge on any atom is 0.255 e. The molecular weight excluding hydrogens is 384 g/mol. The number of nitrogens with two attached hydrogens (primary N) is 1. The molecule has 0 atom stereocenters. The van der Waals surface area contributed by atoms with Gasteiger partial charge in [-0.15, -0.1) is 0 Å². The number of hydrogen-bond acceptors (Lipinski definition) is 2. The summed E-state index contributed by atoms with van der Waals surface area (Å²) in [6, 6.07) is 11.0. The molecule has 0 saturated carbocycles. The number of benzene rings is 2. The minimum absolute atomic E-state index is 0.150. The Kier molecular flexibility index (Phi) is 4.83. The van der Waals surface area contributed by atoms with Crippen LogP contribution in [0.4, 0.5) is 11.4 Å². The third-order valence-corrected chi connectivity index (χ3v) is 4.14. The lowest BCUT2D eigenvalue weighted by Gasteiger charge is -2.11. The van der Waals surface area contributed by atoms with Gasteiger partial charge in [-0.2, -0.15) is 0 Å². The summed E-state index contributed by atoms with van der Waals surface area (Å²) < 4.78 is 1.72. The first-order valence-corrected chi connectivity index (χ1v) is 7.74. The van der Waals surface area contributed by atoms with E-state index < -0.39 is 0 Å². The molecule has 0 saturated heterocycles. The van der Waals surface area contributed by atoms with Crippen LogP contribution in [0.5, 0.6) is 0 Å². The molecule has 2 aromatic rings. The summed E-state index contributed by atoms with van der Waals surface area (Å²) in [7, 11) is 0. The molecule has 0 aromatic heterocycles. The molecular formula is C15H14Br2N2O. The van der Waals surface area contributed by atoms with Gasteiger partial charge in [-0.05, 0) is 64.3 Å². The molecule has 0 radical (unpaired) electrons. The predicted octanol–water partition coefficient (Wildman–Crippen LogP) is 4.61. The van der Waals surface area contributed by atoms with Crippen LogP contribution in [0.1, 0.15) is 22.8 Å². The van der Waals surface area contributed by atoms with Crippen molar-refractivity contribution in [2.45, 2.75) is 13.3 Å². The zero-order valence-corrected chi connectivity index (χ0v) is 14.1. The number of amides is 1. The summed E-state index contributed by atoms with van der Waals surface area (Å²) in [6.07, 6.45) is 0.848. The summed E-state index contributed by atoms with van der Waals surface area (Å²) in [5.41, 5.74) is 8.81. The van der Waals surface area contributed by atoms with Crippen molar-refractivity contribution in [3.05, 3.63) is 56.5 Å². The summed E-state index contributed by atoms with van der Waals surface area (Å²) in [5, 5.41) is 2.93. The van der Waals surface area contributed by atoms with Crippen LogP contribution in [-0.4, -0.2) is 5.91 Å². The third-order valence-electron chi connectivity index (χ3n) is 2.96. The molecule has 0 spiro atoms. The summed E-state index contributed by atoms with van der Waals surface area (Å²) >= 11 is 6.76. The first-order chi connectivity index (χ1) is 9.51. The highest BCUT2D eigenvalue weighted by atomic mass is 79.9. The first kappa shape index (κ1) is 15.1. The molecule has 2 rings (SSSR count). The molecule has 3 N–H and O–H groups in total. The van der Waals surface area contributed by atoms with Crippen LogP contribution in [0.3, 0.4) is 0 Å². The van der Waals surface area contributed by atoms with Crippen LogP contribution in [0.2, 0.25) is 0 Å². The number of hydrogen-bond donors (Lipinski definition) is 2. The number of aryl methyl sites for hydroxylation is 1. The minimum Gasteiger partial charge on any atom is -0.398 e. The third kappa shape index (κ3) is 3.41. The Balaban J connectivity index is 2.25. The fourth-order valence-corrected chi connectivity index (χ4v) is 2.63. The van der Waals surface area contributed by atoms with E-state index in [0.29, 0.717) is 11.3 Å². The smallest absolute Gasteiger partial charge is 0.255 e. The van der Waals surface area contributed by atoms with E-state index in [1.54, 1.807) is 18.2 Å². The van der Waals surface area contributed by atoms with Gasteiger partial charge in [-0.1, -0.05) is 22.9 Å². The van der Waals surface area contributed by atoms with Gasteiger partial charge in [0.05, 0.1) is 0 Å². The Labute approximate surface area is 134 Å². The number of halogens is 2. The van der Waals surface area contributed by atoms with Gasteiger partial charge in [0, 0.05) is 25.9 Å². The molecule has 0 aliphatic rings. The van der Waals surface area contributed by atoms with Crippen LogP contribution in [0.15, 0.2) is 45.3 Å². The molecule has 5 heteroatoms. The lowest BCUT2D eigenvalue weighted by atomic mass is 10.1. The van der Waals surface area contributed by atoms with Crippen molar-refractivity contribution in [1.29, 1.82) is 0 Å². The summed E-state index contributed by atoms with van der Waals surface area (Å²) in [6.45, 7) is 2.05. The number of nitrogens with one attached hydrogen (secondary N) is 1. The van der Waals surface area contributed by atoms with Crippen LogP contribution < -0.4 is 11.1 Å². The van der Waals surface area contributed by atoms with Gasteiger partial charge in [-0.25, -0.2) is 0 Å². The number of anilines is 2. The zero-order chi connectivity index (χ0) is 14.7. The number of rotatable bonds is 3. The van der Waals surface area contributed by atoms with Crippen LogP contribution in [-0.2, 0) is 6.42 Å². The fraction of sp³-hybridized carbons (Fsp3) is 0.133. The largest absolute Gasteiger partial charge is 0.398 e. The van der Waals surface area contributed by atoms with Crippen molar-refractivity contribution in [2.75, 3.05) is 11.1 Å². The molecule has 0 unspecified atom stereocenters. The highest BCUT2D eigenvalue weighted by molar-refractivity contribution is 9.10. The van der Waals surface area contributed by atoms with Gasteiger partial charge in [0.15, 0.2) is 0 Å². The first-order valence-electron chi connectivity index (χ1n) is 6.16. The summed E-state index contributed by atoms with van der Waals surface area (Å²) in [4.78, 5) is 12.2. The molecule has 0 fully saturated rings. The highest BCUT2D eigenvalue weighted by Gasteiger charge is 2.10. The Morgan fingerprint density at radius 1 is 1.20 bits per heavy atom. The minimum atomic E-state index is -0.150. The van der Waals surface area contributed by atoms with Crippen molar-refractivity contribution < 1.29 is 4.79 Å². The quantitative estimate of drug-likeness (QED) is 0.743. The van der Waals surface area contributed by atoms with Crippen molar-refractivity contribution >= 4 is 49.1 Å². The normalized spacial score (nSPS) is 10.3. The van der Waals surface area contributed by atoms with E-state index in [1.165, 1.54) is 0 Å². The highest BCUT2D eigenvalue weighted by Crippen LogP contribution is 2.24. The van der Waals surface area contributed by atoms with Gasteiger partial charge >= 0.3 is 0 Å². The Bertz CT molecular complexity index is 656. The second-order valence-corrected chi connectivity index (χ2v) is 6.12. The topological polar surface area (TPSA) is 55.1 Å². The molecule has 3 nitrogen and oxygen atoms in total. The lowest BCUT2D eigenvalue weighted by Crippen LogP contribution is -2.13. The van der Waals surface area contributed by atoms with Crippen molar-refractivity contribution in [3.8, 4) is 0 Å². The molecule has 0 heterocycles. The zero-order valence-electron chi connectivity index (χ0n) is 10.9. The monoisotopic (exact) mass is 396 g/mol. The van der Waals surface area contributed by atoms with Crippen LogP contribution in [0.25, 0.3) is 0 Å². The second kappa shape index (κ2) is 6.41. The van der Waals surface area contributed by atoms with Crippen molar-refractivity contribution in [2.24, 2.45) is 0 Å². The second-order valence-electron chi connectivity index (χ2n) is 4.35. The lowest BCUT2D eigenvalue weighted by molar-refractivity contribution is 0.102. The number of nitrogen functional groups attached to an aromatic ring is 1.